The van der Waals surface area contributed by atoms with Gasteiger partial charge in [0.25, 0.3) is 0 Å². The van der Waals surface area contributed by atoms with Crippen LogP contribution in [0.1, 0.15) is 22.4 Å². The molecular formula is C21H19NO3S. The van der Waals surface area contributed by atoms with Crippen molar-refractivity contribution in [2.24, 2.45) is 0 Å². The average molecular weight is 365 g/mol. The minimum Gasteiger partial charge on any atom is -0.508 e. The van der Waals surface area contributed by atoms with Crippen LogP contribution in [0.4, 0.5) is 0 Å². The average Bonchev–Trinajstić information content (AvgIpc) is 2.63. The highest BCUT2D eigenvalue weighted by Crippen LogP contribution is 2.20. The van der Waals surface area contributed by atoms with E-state index >= 15 is 0 Å². The van der Waals surface area contributed by atoms with E-state index in [0.717, 1.165) is 16.7 Å². The molecule has 0 aliphatic heterocycles. The largest absolute Gasteiger partial charge is 0.508 e. The lowest BCUT2D eigenvalue weighted by molar-refractivity contribution is 0.471. The van der Waals surface area contributed by atoms with E-state index in [1.54, 1.807) is 54.7 Å². The number of phenols is 1. The Balaban J connectivity index is 1.75. The van der Waals surface area contributed by atoms with Crippen LogP contribution in [0.25, 0.3) is 12.2 Å². The van der Waals surface area contributed by atoms with Gasteiger partial charge in [0.15, 0.2) is 9.84 Å². The highest BCUT2D eigenvalue weighted by molar-refractivity contribution is 7.90. The van der Waals surface area contributed by atoms with Gasteiger partial charge in [-0.25, -0.2) is 8.42 Å². The molecule has 0 aliphatic rings. The van der Waals surface area contributed by atoms with Gasteiger partial charge in [0, 0.05) is 6.20 Å². The van der Waals surface area contributed by atoms with Crippen molar-refractivity contribution in [3.8, 4) is 5.75 Å². The van der Waals surface area contributed by atoms with Gasteiger partial charge in [-0.15, -0.1) is 0 Å². The summed E-state index contributed by atoms with van der Waals surface area (Å²) in [6, 6.07) is 17.4. The molecule has 1 aromatic heterocycles. The van der Waals surface area contributed by atoms with Crippen LogP contribution >= 0.6 is 0 Å². The van der Waals surface area contributed by atoms with Crippen LogP contribution in [0.3, 0.4) is 0 Å². The van der Waals surface area contributed by atoms with Crippen molar-refractivity contribution >= 4 is 22.0 Å². The molecule has 26 heavy (non-hydrogen) atoms. The second-order valence-corrected chi connectivity index (χ2v) is 8.02. The standard InChI is InChI=1S/C21H19NO3S/c1-16-14-18(9-12-21(16)23)6-5-17-7-10-20(11-8-17)26(24,25)15-19-4-2-3-13-22-19/h2-14,23H,15H2,1H3/b6-5+. The van der Waals surface area contributed by atoms with Crippen LogP contribution in [-0.4, -0.2) is 18.5 Å². The predicted molar refractivity (Wildman–Crippen MR) is 103 cm³/mol. The molecule has 1 heterocycles. The first-order chi connectivity index (χ1) is 12.4. The van der Waals surface area contributed by atoms with Crippen molar-refractivity contribution in [3.05, 3.63) is 89.2 Å². The summed E-state index contributed by atoms with van der Waals surface area (Å²) >= 11 is 0. The van der Waals surface area contributed by atoms with E-state index in [4.69, 9.17) is 0 Å². The van der Waals surface area contributed by atoms with Gasteiger partial charge in [-0.1, -0.05) is 36.4 Å². The Hall–Kier alpha value is -2.92. The van der Waals surface area contributed by atoms with Crippen LogP contribution in [-0.2, 0) is 15.6 Å². The third-order valence-electron chi connectivity index (χ3n) is 3.99. The van der Waals surface area contributed by atoms with Crippen molar-refractivity contribution < 1.29 is 13.5 Å². The van der Waals surface area contributed by atoms with Gasteiger partial charge in [-0.05, 0) is 60.0 Å². The molecule has 0 amide bonds. The van der Waals surface area contributed by atoms with Crippen molar-refractivity contribution in [1.82, 2.24) is 4.98 Å². The second-order valence-electron chi connectivity index (χ2n) is 6.03. The molecule has 132 valence electrons. The number of rotatable bonds is 5. The van der Waals surface area contributed by atoms with Gasteiger partial charge in [0.05, 0.1) is 16.3 Å². The zero-order chi connectivity index (χ0) is 18.6. The smallest absolute Gasteiger partial charge is 0.184 e. The highest BCUT2D eigenvalue weighted by Gasteiger charge is 2.15. The molecule has 5 heteroatoms. The van der Waals surface area contributed by atoms with Crippen LogP contribution in [0.2, 0.25) is 0 Å². The summed E-state index contributed by atoms with van der Waals surface area (Å²) in [4.78, 5) is 4.35. The lowest BCUT2D eigenvalue weighted by Crippen LogP contribution is -2.06. The fourth-order valence-corrected chi connectivity index (χ4v) is 3.80. The molecule has 1 N–H and O–H groups in total. The molecular weight excluding hydrogens is 346 g/mol. The minimum atomic E-state index is -3.42. The number of benzene rings is 2. The molecule has 0 spiro atoms. The third-order valence-corrected chi connectivity index (χ3v) is 5.66. The minimum absolute atomic E-state index is 0.115. The molecule has 2 aromatic carbocycles. The molecule has 0 unspecified atom stereocenters. The van der Waals surface area contributed by atoms with Crippen molar-refractivity contribution in [2.75, 3.05) is 0 Å². The number of sulfone groups is 1. The highest BCUT2D eigenvalue weighted by atomic mass is 32.2. The maximum atomic E-state index is 12.5. The number of aromatic nitrogens is 1. The van der Waals surface area contributed by atoms with E-state index in [9.17, 15) is 13.5 Å². The first-order valence-electron chi connectivity index (χ1n) is 8.14. The third kappa shape index (κ3) is 4.37. The number of aryl methyl sites for hydroxylation is 1. The number of pyridine rings is 1. The zero-order valence-electron chi connectivity index (χ0n) is 14.3. The van der Waals surface area contributed by atoms with E-state index in [1.807, 2.05) is 31.2 Å². The number of nitrogens with zero attached hydrogens (tertiary/aromatic N) is 1. The predicted octanol–water partition coefficient (Wildman–Crippen LogP) is 4.24. The van der Waals surface area contributed by atoms with Gasteiger partial charge in [-0.2, -0.15) is 0 Å². The summed E-state index contributed by atoms with van der Waals surface area (Å²) < 4.78 is 25.0. The van der Waals surface area contributed by atoms with Crippen LogP contribution in [0.5, 0.6) is 5.75 Å². The lowest BCUT2D eigenvalue weighted by Gasteiger charge is -2.05. The molecule has 3 aromatic rings. The number of aromatic hydroxyl groups is 1. The molecule has 0 saturated heterocycles. The Morgan fingerprint density at radius 1 is 0.962 bits per heavy atom. The van der Waals surface area contributed by atoms with E-state index in [-0.39, 0.29) is 16.4 Å². The molecule has 0 bridgehead atoms. The second kappa shape index (κ2) is 7.54. The molecule has 0 aliphatic carbocycles. The maximum Gasteiger partial charge on any atom is 0.184 e. The van der Waals surface area contributed by atoms with Crippen molar-refractivity contribution in [2.45, 2.75) is 17.6 Å². The molecule has 0 atom stereocenters. The van der Waals surface area contributed by atoms with Gasteiger partial charge in [-0.3, -0.25) is 4.98 Å². The SMILES string of the molecule is Cc1cc(/C=C/c2ccc(S(=O)(=O)Cc3ccccn3)cc2)ccc1O. The summed E-state index contributed by atoms with van der Waals surface area (Å²) in [7, 11) is -3.42. The molecule has 3 rings (SSSR count). The van der Waals surface area contributed by atoms with Crippen LogP contribution < -0.4 is 0 Å². The first-order valence-corrected chi connectivity index (χ1v) is 9.80. The summed E-state index contributed by atoms with van der Waals surface area (Å²) in [5.74, 6) is 0.153. The Kier molecular flexibility index (Phi) is 5.19. The number of phenolic OH excluding ortho intramolecular Hbond substituents is 1. The zero-order valence-corrected chi connectivity index (χ0v) is 15.1. The Morgan fingerprint density at radius 2 is 1.65 bits per heavy atom. The summed E-state index contributed by atoms with van der Waals surface area (Å²) in [5.41, 5.74) is 3.20. The normalized spacial score (nSPS) is 11.7. The molecule has 4 nitrogen and oxygen atoms in total. The van der Waals surface area contributed by atoms with Crippen molar-refractivity contribution in [1.29, 1.82) is 0 Å². The van der Waals surface area contributed by atoms with E-state index in [2.05, 4.69) is 4.98 Å². The quantitative estimate of drug-likeness (QED) is 0.687. The molecule has 0 fully saturated rings. The Labute approximate surface area is 153 Å². The fourth-order valence-electron chi connectivity index (χ4n) is 2.52. The van der Waals surface area contributed by atoms with Crippen molar-refractivity contribution in [3.63, 3.8) is 0 Å². The van der Waals surface area contributed by atoms with Gasteiger partial charge in [0.2, 0.25) is 0 Å². The first kappa shape index (κ1) is 17.9. The lowest BCUT2D eigenvalue weighted by atomic mass is 10.1. The Bertz CT molecular complexity index is 1020. The van der Waals surface area contributed by atoms with E-state index in [1.165, 1.54) is 0 Å². The summed E-state index contributed by atoms with van der Waals surface area (Å²) in [6.45, 7) is 1.84. The van der Waals surface area contributed by atoms with Crippen LogP contribution in [0, 0.1) is 6.92 Å². The van der Waals surface area contributed by atoms with E-state index < -0.39 is 9.84 Å². The monoisotopic (exact) mass is 365 g/mol. The summed E-state index contributed by atoms with van der Waals surface area (Å²) in [5, 5.41) is 9.56. The fraction of sp³-hybridized carbons (Fsp3) is 0.0952. The van der Waals surface area contributed by atoms with Gasteiger partial charge in [0.1, 0.15) is 5.75 Å². The van der Waals surface area contributed by atoms with Gasteiger partial charge < -0.3 is 5.11 Å². The number of hydrogen-bond donors (Lipinski definition) is 1. The van der Waals surface area contributed by atoms with E-state index in [0.29, 0.717) is 5.69 Å². The summed E-state index contributed by atoms with van der Waals surface area (Å²) in [6.07, 6.45) is 5.41. The van der Waals surface area contributed by atoms with Crippen LogP contribution in [0.15, 0.2) is 71.8 Å². The number of hydrogen-bond acceptors (Lipinski definition) is 4. The molecule has 0 saturated carbocycles. The van der Waals surface area contributed by atoms with Gasteiger partial charge >= 0.3 is 0 Å². The Morgan fingerprint density at radius 3 is 2.31 bits per heavy atom. The maximum absolute atomic E-state index is 12.5. The topological polar surface area (TPSA) is 67.3 Å². The molecule has 0 radical (unpaired) electrons.